The number of para-hydroxylation sites is 1. The molecule has 0 saturated heterocycles. The third kappa shape index (κ3) is 4.42. The molecule has 3 heterocycles. The number of anilines is 2. The number of hydrogen-bond acceptors (Lipinski definition) is 6. The number of halogens is 2. The normalized spacial score (nSPS) is 14.2. The fourth-order valence-electron chi connectivity index (χ4n) is 4.00. The van der Waals surface area contributed by atoms with E-state index in [0.29, 0.717) is 12.2 Å². The molecule has 1 N–H and O–H groups in total. The summed E-state index contributed by atoms with van der Waals surface area (Å²) in [4.78, 5) is 8.95. The predicted molar refractivity (Wildman–Crippen MR) is 124 cm³/mol. The number of nitrogens with one attached hydrogen (secondary N) is 1. The van der Waals surface area contributed by atoms with Crippen molar-refractivity contribution < 1.29 is 21.9 Å². The van der Waals surface area contributed by atoms with E-state index < -0.39 is 16.6 Å². The second-order valence-corrected chi connectivity index (χ2v) is 9.72. The Balaban J connectivity index is 1.36. The first-order chi connectivity index (χ1) is 16.4. The molecule has 2 aromatic heterocycles. The molecule has 0 spiro atoms. The molecule has 34 heavy (non-hydrogen) atoms. The molecule has 0 radical (unpaired) electrons. The number of sulfonamides is 1. The van der Waals surface area contributed by atoms with E-state index >= 15 is 0 Å². The van der Waals surface area contributed by atoms with Crippen molar-refractivity contribution in [3.63, 3.8) is 0 Å². The Morgan fingerprint density at radius 1 is 1.03 bits per heavy atom. The molecule has 7 nitrogen and oxygen atoms in total. The minimum atomic E-state index is -3.81. The van der Waals surface area contributed by atoms with Crippen LogP contribution in [0, 0.1) is 0 Å². The number of alkyl halides is 2. The summed E-state index contributed by atoms with van der Waals surface area (Å²) in [5.41, 5.74) is 3.48. The third-order valence-electron chi connectivity index (χ3n) is 5.65. The van der Waals surface area contributed by atoms with Gasteiger partial charge in [0, 0.05) is 30.2 Å². The van der Waals surface area contributed by atoms with Gasteiger partial charge in [0.05, 0.1) is 22.3 Å². The van der Waals surface area contributed by atoms with Crippen LogP contribution >= 0.6 is 0 Å². The van der Waals surface area contributed by atoms with Gasteiger partial charge in [-0.2, -0.15) is 13.1 Å². The van der Waals surface area contributed by atoms with E-state index in [1.165, 1.54) is 28.6 Å². The van der Waals surface area contributed by atoms with Crippen molar-refractivity contribution in [1.82, 2.24) is 14.3 Å². The fraction of sp³-hybridized carbons (Fsp3) is 0.167. The lowest BCUT2D eigenvalue weighted by molar-refractivity contribution is -0.0498. The maximum atomic E-state index is 13.1. The van der Waals surface area contributed by atoms with Crippen molar-refractivity contribution >= 4 is 32.4 Å². The van der Waals surface area contributed by atoms with Gasteiger partial charge < -0.3 is 10.1 Å². The second-order valence-electron chi connectivity index (χ2n) is 7.78. The molecule has 10 heteroatoms. The highest BCUT2D eigenvalue weighted by Crippen LogP contribution is 2.30. The largest absolute Gasteiger partial charge is 0.435 e. The number of pyridine rings is 2. The maximum Gasteiger partial charge on any atom is 0.387 e. The number of rotatable bonds is 6. The molecule has 1 aliphatic rings. The van der Waals surface area contributed by atoms with Crippen molar-refractivity contribution in [2.45, 2.75) is 24.5 Å². The first kappa shape index (κ1) is 22.2. The number of fused-ring (bicyclic) bond motifs is 2. The van der Waals surface area contributed by atoms with Gasteiger partial charge in [0.25, 0.3) is 0 Å². The van der Waals surface area contributed by atoms with Gasteiger partial charge in [-0.15, -0.1) is 0 Å². The lowest BCUT2D eigenvalue weighted by atomic mass is 10.0. The molecule has 0 amide bonds. The minimum absolute atomic E-state index is 0.0206. The molecule has 2 aromatic carbocycles. The van der Waals surface area contributed by atoms with Crippen LogP contribution in [0.25, 0.3) is 10.9 Å². The molecule has 0 atom stereocenters. The molecule has 0 bridgehead atoms. The van der Waals surface area contributed by atoms with Crippen molar-refractivity contribution in [3.05, 3.63) is 84.2 Å². The van der Waals surface area contributed by atoms with E-state index in [-0.39, 0.29) is 23.7 Å². The Hall–Kier alpha value is -3.63. The zero-order valence-corrected chi connectivity index (χ0v) is 18.7. The smallest absolute Gasteiger partial charge is 0.387 e. The Bertz CT molecular complexity index is 1450. The monoisotopic (exact) mass is 482 g/mol. The van der Waals surface area contributed by atoms with E-state index in [1.807, 2.05) is 30.3 Å². The first-order valence-corrected chi connectivity index (χ1v) is 12.0. The van der Waals surface area contributed by atoms with Gasteiger partial charge in [0.1, 0.15) is 11.6 Å². The second kappa shape index (κ2) is 8.96. The summed E-state index contributed by atoms with van der Waals surface area (Å²) in [6, 6.07) is 16.6. The van der Waals surface area contributed by atoms with Crippen LogP contribution in [0.1, 0.15) is 11.1 Å². The Morgan fingerprint density at radius 2 is 1.82 bits per heavy atom. The number of ether oxygens (including phenoxy) is 1. The molecular formula is C24H20F2N4O3S. The van der Waals surface area contributed by atoms with Crippen molar-refractivity contribution in [3.8, 4) is 5.75 Å². The van der Waals surface area contributed by atoms with E-state index in [2.05, 4.69) is 20.0 Å². The average molecular weight is 483 g/mol. The first-order valence-electron chi connectivity index (χ1n) is 10.5. The third-order valence-corrected chi connectivity index (χ3v) is 7.51. The van der Waals surface area contributed by atoms with Gasteiger partial charge >= 0.3 is 6.61 Å². The fourth-order valence-corrected chi connectivity index (χ4v) is 5.41. The summed E-state index contributed by atoms with van der Waals surface area (Å²) in [7, 11) is -3.81. The number of benzene rings is 2. The topological polar surface area (TPSA) is 84.4 Å². The molecule has 174 valence electrons. The summed E-state index contributed by atoms with van der Waals surface area (Å²) in [5, 5.41) is 4.31. The van der Waals surface area contributed by atoms with E-state index in [9.17, 15) is 17.2 Å². The van der Waals surface area contributed by atoms with Crippen LogP contribution in [0.3, 0.4) is 0 Å². The van der Waals surface area contributed by atoms with Crippen LogP contribution in [-0.4, -0.2) is 35.8 Å². The molecule has 0 aliphatic carbocycles. The zero-order valence-electron chi connectivity index (χ0n) is 17.9. The number of nitrogens with zero attached hydrogens (tertiary/aromatic N) is 3. The summed E-state index contributed by atoms with van der Waals surface area (Å²) in [6.07, 6.45) is 3.85. The van der Waals surface area contributed by atoms with Gasteiger partial charge in [-0.05, 0) is 54.4 Å². The summed E-state index contributed by atoms with van der Waals surface area (Å²) < 4.78 is 56.7. The number of aromatic nitrogens is 2. The van der Waals surface area contributed by atoms with Crippen LogP contribution < -0.4 is 10.1 Å². The average Bonchev–Trinajstić information content (AvgIpc) is 2.84. The molecule has 1 aliphatic heterocycles. The highest BCUT2D eigenvalue weighted by molar-refractivity contribution is 7.89. The van der Waals surface area contributed by atoms with E-state index in [4.69, 9.17) is 0 Å². The van der Waals surface area contributed by atoms with Crippen molar-refractivity contribution in [1.29, 1.82) is 0 Å². The van der Waals surface area contributed by atoms with Crippen LogP contribution in [0.15, 0.2) is 78.0 Å². The van der Waals surface area contributed by atoms with Gasteiger partial charge in [0.2, 0.25) is 10.0 Å². The Morgan fingerprint density at radius 3 is 2.62 bits per heavy atom. The van der Waals surface area contributed by atoms with Crippen LogP contribution in [0.4, 0.5) is 20.3 Å². The SMILES string of the molecule is O=S(=O)(c1ccc(OC(F)F)cc1)N1CCc2c(ccnc2Nc2cnc3ccccc3c2)C1. The molecule has 4 aromatic rings. The molecule has 5 rings (SSSR count). The maximum absolute atomic E-state index is 13.1. The summed E-state index contributed by atoms with van der Waals surface area (Å²) in [6.45, 7) is -2.52. The lowest BCUT2D eigenvalue weighted by Crippen LogP contribution is -2.36. The van der Waals surface area contributed by atoms with Crippen LogP contribution in [0.2, 0.25) is 0 Å². The van der Waals surface area contributed by atoms with Crippen molar-refractivity contribution in [2.24, 2.45) is 0 Å². The van der Waals surface area contributed by atoms with E-state index in [1.54, 1.807) is 18.5 Å². The molecule has 0 fully saturated rings. The highest BCUT2D eigenvalue weighted by atomic mass is 32.2. The van der Waals surface area contributed by atoms with Gasteiger partial charge in [-0.25, -0.2) is 13.4 Å². The predicted octanol–water partition coefficient (Wildman–Crippen LogP) is 4.72. The van der Waals surface area contributed by atoms with Gasteiger partial charge in [0.15, 0.2) is 0 Å². The zero-order chi connectivity index (χ0) is 23.7. The number of hydrogen-bond donors (Lipinski definition) is 1. The Kier molecular flexibility index (Phi) is 5.84. The quantitative estimate of drug-likeness (QED) is 0.428. The molecule has 0 unspecified atom stereocenters. The summed E-state index contributed by atoms with van der Waals surface area (Å²) in [5.74, 6) is 0.572. The summed E-state index contributed by atoms with van der Waals surface area (Å²) >= 11 is 0. The minimum Gasteiger partial charge on any atom is -0.435 e. The molecule has 0 saturated carbocycles. The highest BCUT2D eigenvalue weighted by Gasteiger charge is 2.29. The van der Waals surface area contributed by atoms with Crippen molar-refractivity contribution in [2.75, 3.05) is 11.9 Å². The molecular weight excluding hydrogens is 462 g/mol. The Labute approximate surface area is 195 Å². The van der Waals surface area contributed by atoms with Gasteiger partial charge in [-0.3, -0.25) is 4.98 Å². The van der Waals surface area contributed by atoms with Crippen LogP contribution in [0.5, 0.6) is 5.75 Å². The van der Waals surface area contributed by atoms with Gasteiger partial charge in [-0.1, -0.05) is 18.2 Å². The van der Waals surface area contributed by atoms with E-state index in [0.717, 1.165) is 27.7 Å². The standard InChI is InChI=1S/C24H20F2N4O3S/c25-24(26)33-19-5-7-20(8-6-19)34(31,32)30-12-10-21-17(15-30)9-11-27-23(21)29-18-13-16-3-1-2-4-22(16)28-14-18/h1-9,11,13-14,24H,10,12,15H2,(H,27,29). The lowest BCUT2D eigenvalue weighted by Gasteiger charge is -2.29. The van der Waals surface area contributed by atoms with Crippen LogP contribution in [-0.2, 0) is 23.0 Å².